The summed E-state index contributed by atoms with van der Waals surface area (Å²) in [4.78, 5) is 13.8. The van der Waals surface area contributed by atoms with Gasteiger partial charge in [-0.3, -0.25) is 4.79 Å². The van der Waals surface area contributed by atoms with E-state index in [1.54, 1.807) is 23.1 Å². The second-order valence-electron chi connectivity index (χ2n) is 4.71. The molecule has 1 aromatic carbocycles. The Bertz CT molecular complexity index is 461. The highest BCUT2D eigenvalue weighted by Crippen LogP contribution is 2.23. The first-order valence-electron chi connectivity index (χ1n) is 6.05. The molecule has 1 aliphatic heterocycles. The summed E-state index contributed by atoms with van der Waals surface area (Å²) < 4.78 is 0. The fraction of sp³-hybridized carbons (Fsp3) is 0.462. The molecule has 1 aliphatic rings. The van der Waals surface area contributed by atoms with Crippen LogP contribution in [0.25, 0.3) is 0 Å². The van der Waals surface area contributed by atoms with Gasteiger partial charge in [0.15, 0.2) is 0 Å². The molecule has 1 amide bonds. The Hall–Kier alpha value is -0.810. The normalized spacial score (nSPS) is 23.5. The highest BCUT2D eigenvalue weighted by Gasteiger charge is 2.30. The first-order valence-corrected chi connectivity index (χ1v) is 6.81. The van der Waals surface area contributed by atoms with Crippen LogP contribution in [0.1, 0.15) is 16.8 Å². The summed E-state index contributed by atoms with van der Waals surface area (Å²) >= 11 is 11.7. The molecule has 4 nitrogen and oxygen atoms in total. The number of rotatable bonds is 2. The minimum Gasteiger partial charge on any atom is -0.396 e. The standard InChI is InChI=1S/C13H15Cl2NO3/c14-10-3-9(4-11(15)5-10)13(19)16-2-1-8(7-17)12(18)6-16/h3-5,8,12,17-18H,1-2,6-7H2/t8-,12+/m1/s1. The van der Waals surface area contributed by atoms with Gasteiger partial charge in [0.2, 0.25) is 0 Å². The van der Waals surface area contributed by atoms with Crippen LogP contribution in [0.2, 0.25) is 10.0 Å². The van der Waals surface area contributed by atoms with E-state index in [1.165, 1.54) is 0 Å². The van der Waals surface area contributed by atoms with Crippen molar-refractivity contribution >= 4 is 29.1 Å². The Morgan fingerprint density at radius 1 is 1.32 bits per heavy atom. The minimum absolute atomic E-state index is 0.0633. The van der Waals surface area contributed by atoms with Gasteiger partial charge in [-0.1, -0.05) is 23.2 Å². The maximum absolute atomic E-state index is 12.3. The van der Waals surface area contributed by atoms with E-state index in [4.69, 9.17) is 28.3 Å². The first-order chi connectivity index (χ1) is 9.01. The van der Waals surface area contributed by atoms with Crippen molar-refractivity contribution < 1.29 is 15.0 Å². The second kappa shape index (κ2) is 6.09. The van der Waals surface area contributed by atoms with Crippen LogP contribution in [-0.2, 0) is 0 Å². The summed E-state index contributed by atoms with van der Waals surface area (Å²) in [6.07, 6.45) is -0.116. The summed E-state index contributed by atoms with van der Waals surface area (Å²) in [6.45, 7) is 0.658. The fourth-order valence-electron chi connectivity index (χ4n) is 2.24. The van der Waals surface area contributed by atoms with Crippen molar-refractivity contribution in [2.45, 2.75) is 12.5 Å². The van der Waals surface area contributed by atoms with Crippen molar-refractivity contribution in [1.29, 1.82) is 0 Å². The minimum atomic E-state index is -0.697. The van der Waals surface area contributed by atoms with Crippen molar-refractivity contribution in [1.82, 2.24) is 4.90 Å². The molecule has 0 aromatic heterocycles. The second-order valence-corrected chi connectivity index (χ2v) is 5.58. The predicted molar refractivity (Wildman–Crippen MR) is 73.6 cm³/mol. The molecule has 0 aliphatic carbocycles. The average molecular weight is 304 g/mol. The number of carbonyl (C=O) groups excluding carboxylic acids is 1. The lowest BCUT2D eigenvalue weighted by molar-refractivity contribution is 0.000878. The molecule has 0 unspecified atom stereocenters. The van der Waals surface area contributed by atoms with Crippen molar-refractivity contribution in [3.63, 3.8) is 0 Å². The molecule has 104 valence electrons. The van der Waals surface area contributed by atoms with Crippen LogP contribution < -0.4 is 0 Å². The van der Waals surface area contributed by atoms with Gasteiger partial charge in [-0.25, -0.2) is 0 Å². The van der Waals surface area contributed by atoms with Gasteiger partial charge >= 0.3 is 0 Å². The Balaban J connectivity index is 2.12. The summed E-state index contributed by atoms with van der Waals surface area (Å²) in [5, 5.41) is 19.7. The number of β-amino-alcohol motifs (C(OH)–C–C–N with tert-alkyl or cyclic N) is 1. The van der Waals surface area contributed by atoms with Crippen LogP contribution in [0, 0.1) is 5.92 Å². The van der Waals surface area contributed by atoms with Gasteiger partial charge in [-0.05, 0) is 24.6 Å². The van der Waals surface area contributed by atoms with Crippen LogP contribution >= 0.6 is 23.2 Å². The molecule has 1 aromatic rings. The molecular weight excluding hydrogens is 289 g/mol. The largest absolute Gasteiger partial charge is 0.396 e. The molecule has 1 heterocycles. The van der Waals surface area contributed by atoms with Crippen molar-refractivity contribution in [3.05, 3.63) is 33.8 Å². The Labute approximate surface area is 121 Å². The SMILES string of the molecule is O=C(c1cc(Cl)cc(Cl)c1)N1CC[C@H](CO)[C@@H](O)C1. The van der Waals surface area contributed by atoms with Crippen molar-refractivity contribution in [2.75, 3.05) is 19.7 Å². The van der Waals surface area contributed by atoms with Crippen molar-refractivity contribution in [3.8, 4) is 0 Å². The number of aliphatic hydroxyl groups is 2. The number of piperidine rings is 1. The molecule has 0 radical (unpaired) electrons. The third-order valence-electron chi connectivity index (χ3n) is 3.35. The highest BCUT2D eigenvalue weighted by atomic mass is 35.5. The van der Waals surface area contributed by atoms with Gasteiger partial charge in [-0.2, -0.15) is 0 Å². The number of nitrogens with zero attached hydrogens (tertiary/aromatic N) is 1. The first kappa shape index (κ1) is 14.6. The lowest BCUT2D eigenvalue weighted by atomic mass is 9.94. The Morgan fingerprint density at radius 2 is 1.95 bits per heavy atom. The number of amides is 1. The van der Waals surface area contributed by atoms with E-state index < -0.39 is 6.10 Å². The average Bonchev–Trinajstić information content (AvgIpc) is 2.36. The molecule has 0 bridgehead atoms. The number of carbonyl (C=O) groups is 1. The highest BCUT2D eigenvalue weighted by molar-refractivity contribution is 6.35. The van der Waals surface area contributed by atoms with E-state index in [0.717, 1.165) is 0 Å². The lowest BCUT2D eigenvalue weighted by Gasteiger charge is -2.35. The zero-order chi connectivity index (χ0) is 14.0. The van der Waals surface area contributed by atoms with Crippen LogP contribution in [0.4, 0.5) is 0 Å². The van der Waals surface area contributed by atoms with Gasteiger partial charge in [0.25, 0.3) is 5.91 Å². The van der Waals surface area contributed by atoms with Crippen LogP contribution in [0.5, 0.6) is 0 Å². The van der Waals surface area contributed by atoms with Gasteiger partial charge in [-0.15, -0.1) is 0 Å². The Kier molecular flexibility index (Phi) is 4.68. The molecule has 1 saturated heterocycles. The van der Waals surface area contributed by atoms with Gasteiger partial charge in [0, 0.05) is 41.2 Å². The maximum Gasteiger partial charge on any atom is 0.254 e. The lowest BCUT2D eigenvalue weighted by Crippen LogP contribution is -2.47. The van der Waals surface area contributed by atoms with E-state index in [0.29, 0.717) is 28.6 Å². The summed E-state index contributed by atoms with van der Waals surface area (Å²) in [5.41, 5.74) is 0.409. The zero-order valence-electron chi connectivity index (χ0n) is 10.2. The van der Waals surface area contributed by atoms with Gasteiger partial charge in [0.1, 0.15) is 0 Å². The quantitative estimate of drug-likeness (QED) is 0.876. The number of aliphatic hydroxyl groups excluding tert-OH is 2. The van der Waals surface area contributed by atoms with E-state index >= 15 is 0 Å². The smallest absolute Gasteiger partial charge is 0.254 e. The van der Waals surface area contributed by atoms with E-state index in [9.17, 15) is 9.90 Å². The van der Waals surface area contributed by atoms with Gasteiger partial charge < -0.3 is 15.1 Å². The molecule has 2 rings (SSSR count). The topological polar surface area (TPSA) is 60.8 Å². The number of benzene rings is 1. The predicted octanol–water partition coefficient (Wildman–Crippen LogP) is 1.81. The van der Waals surface area contributed by atoms with E-state index in [1.807, 2.05) is 0 Å². The molecule has 6 heteroatoms. The molecule has 0 saturated carbocycles. The molecular formula is C13H15Cl2NO3. The van der Waals surface area contributed by atoms with Crippen LogP contribution in [-0.4, -0.2) is 46.8 Å². The fourth-order valence-corrected chi connectivity index (χ4v) is 2.76. The third kappa shape index (κ3) is 3.39. The monoisotopic (exact) mass is 303 g/mol. The van der Waals surface area contributed by atoms with Crippen LogP contribution in [0.3, 0.4) is 0 Å². The molecule has 1 fully saturated rings. The summed E-state index contributed by atoms with van der Waals surface area (Å²) in [6, 6.07) is 4.67. The Morgan fingerprint density at radius 3 is 2.47 bits per heavy atom. The summed E-state index contributed by atoms with van der Waals surface area (Å²) in [5.74, 6) is -0.369. The molecule has 19 heavy (non-hydrogen) atoms. The number of hydrogen-bond acceptors (Lipinski definition) is 3. The molecule has 0 spiro atoms. The van der Waals surface area contributed by atoms with Crippen LogP contribution in [0.15, 0.2) is 18.2 Å². The molecule has 2 atom stereocenters. The van der Waals surface area contributed by atoms with Crippen molar-refractivity contribution in [2.24, 2.45) is 5.92 Å². The third-order valence-corrected chi connectivity index (χ3v) is 3.79. The number of hydrogen-bond donors (Lipinski definition) is 2. The zero-order valence-corrected chi connectivity index (χ0v) is 11.7. The van der Waals surface area contributed by atoms with E-state index in [2.05, 4.69) is 0 Å². The van der Waals surface area contributed by atoms with Gasteiger partial charge in [0.05, 0.1) is 6.10 Å². The number of halogens is 2. The summed E-state index contributed by atoms with van der Waals surface area (Å²) in [7, 11) is 0. The maximum atomic E-state index is 12.3. The number of likely N-dealkylation sites (tertiary alicyclic amines) is 1. The van der Waals surface area contributed by atoms with E-state index in [-0.39, 0.29) is 25.0 Å². The molecule has 2 N–H and O–H groups in total.